The van der Waals surface area contributed by atoms with Gasteiger partial charge in [-0.3, -0.25) is 4.79 Å². The van der Waals surface area contributed by atoms with E-state index in [1.165, 1.54) is 11.0 Å². The van der Waals surface area contributed by atoms with Crippen molar-refractivity contribution in [1.82, 2.24) is 25.0 Å². The minimum Gasteiger partial charge on any atom is -0.365 e. The normalized spacial score (nSPS) is 21.2. The predicted octanol–water partition coefficient (Wildman–Crippen LogP) is 1.83. The number of amides is 1. The van der Waals surface area contributed by atoms with Crippen molar-refractivity contribution in [2.75, 3.05) is 10.6 Å². The number of carbonyl (C=O) groups excluding carboxylic acids is 1. The molecule has 1 fully saturated rings. The summed E-state index contributed by atoms with van der Waals surface area (Å²) in [4.78, 5) is 22.2. The zero-order chi connectivity index (χ0) is 21.1. The van der Waals surface area contributed by atoms with Crippen molar-refractivity contribution < 1.29 is 4.79 Å². The number of aromatic nitrogens is 5. The number of hydrogen-bond donors (Lipinski definition) is 4. The van der Waals surface area contributed by atoms with Crippen LogP contribution in [0, 0.1) is 5.92 Å². The number of anilines is 3. The standard InChI is InChI=1S/C20H25N9O/c1-12-4-2-7-16(17(12)21)27-20-23-11-15(18(22)30)19(28-20)26-13-5-3-6-14(10-13)29-24-8-9-25-29/h3,5-6,8-12,16-17H,2,4,7,21H2,1H3,(H2,22,30)(H2,23,26,27,28)/t12?,16-,17+/m1/s1. The molecule has 1 unspecified atom stereocenters. The number of hydrogen-bond acceptors (Lipinski definition) is 8. The van der Waals surface area contributed by atoms with Crippen LogP contribution in [0.5, 0.6) is 0 Å². The fourth-order valence-electron chi connectivity index (χ4n) is 3.70. The quantitative estimate of drug-likeness (QED) is 0.483. The van der Waals surface area contributed by atoms with Crippen molar-refractivity contribution in [2.24, 2.45) is 17.4 Å². The lowest BCUT2D eigenvalue weighted by atomic mass is 9.83. The van der Waals surface area contributed by atoms with Crippen LogP contribution in [0.25, 0.3) is 5.69 Å². The molecule has 1 aliphatic rings. The Balaban J connectivity index is 1.59. The molecule has 0 spiro atoms. The second-order valence-corrected chi connectivity index (χ2v) is 7.55. The molecular formula is C20H25N9O. The topological polar surface area (TPSA) is 150 Å². The monoisotopic (exact) mass is 407 g/mol. The average molecular weight is 407 g/mol. The van der Waals surface area contributed by atoms with Gasteiger partial charge in [-0.05, 0) is 37.0 Å². The van der Waals surface area contributed by atoms with Gasteiger partial charge in [-0.2, -0.15) is 20.0 Å². The molecule has 2 aromatic heterocycles. The highest BCUT2D eigenvalue weighted by molar-refractivity contribution is 5.98. The van der Waals surface area contributed by atoms with Crippen LogP contribution in [-0.4, -0.2) is 43.0 Å². The molecule has 156 valence electrons. The van der Waals surface area contributed by atoms with E-state index in [9.17, 15) is 4.79 Å². The number of benzene rings is 1. The van der Waals surface area contributed by atoms with Gasteiger partial charge >= 0.3 is 0 Å². The van der Waals surface area contributed by atoms with Crippen molar-refractivity contribution in [3.8, 4) is 5.69 Å². The molecule has 3 atom stereocenters. The Bertz CT molecular complexity index is 1020. The maximum absolute atomic E-state index is 11.9. The van der Waals surface area contributed by atoms with Crippen molar-refractivity contribution in [3.63, 3.8) is 0 Å². The van der Waals surface area contributed by atoms with E-state index in [0.717, 1.165) is 24.9 Å². The number of nitrogens with two attached hydrogens (primary N) is 2. The first-order valence-corrected chi connectivity index (χ1v) is 9.94. The fourth-order valence-corrected chi connectivity index (χ4v) is 3.70. The molecule has 1 aromatic carbocycles. The third-order valence-corrected chi connectivity index (χ3v) is 5.42. The summed E-state index contributed by atoms with van der Waals surface area (Å²) in [5, 5.41) is 14.7. The largest absolute Gasteiger partial charge is 0.365 e. The molecule has 10 heteroatoms. The van der Waals surface area contributed by atoms with Crippen LogP contribution in [0.4, 0.5) is 17.5 Å². The lowest BCUT2D eigenvalue weighted by molar-refractivity contribution is 0.100. The van der Waals surface area contributed by atoms with Crippen LogP contribution in [0.3, 0.4) is 0 Å². The van der Waals surface area contributed by atoms with Crippen LogP contribution in [0.1, 0.15) is 36.5 Å². The lowest BCUT2D eigenvalue weighted by Gasteiger charge is -2.34. The Labute approximate surface area is 174 Å². The molecule has 0 bridgehead atoms. The summed E-state index contributed by atoms with van der Waals surface area (Å²) in [5.41, 5.74) is 13.5. The van der Waals surface area contributed by atoms with Gasteiger partial charge in [0.15, 0.2) is 0 Å². The highest BCUT2D eigenvalue weighted by atomic mass is 16.1. The molecule has 2 heterocycles. The highest BCUT2D eigenvalue weighted by Crippen LogP contribution is 2.26. The van der Waals surface area contributed by atoms with E-state index in [1.807, 2.05) is 24.3 Å². The van der Waals surface area contributed by atoms with Gasteiger partial charge in [0.2, 0.25) is 5.95 Å². The van der Waals surface area contributed by atoms with Crippen LogP contribution >= 0.6 is 0 Å². The Morgan fingerprint density at radius 1 is 1.23 bits per heavy atom. The average Bonchev–Trinajstić information content (AvgIpc) is 3.27. The molecule has 3 aromatic rings. The molecular weight excluding hydrogens is 382 g/mol. The smallest absolute Gasteiger partial charge is 0.254 e. The Hall–Kier alpha value is -3.53. The predicted molar refractivity (Wildman–Crippen MR) is 114 cm³/mol. The molecule has 6 N–H and O–H groups in total. The van der Waals surface area contributed by atoms with Crippen molar-refractivity contribution in [3.05, 3.63) is 48.4 Å². The van der Waals surface area contributed by atoms with E-state index in [4.69, 9.17) is 11.5 Å². The maximum Gasteiger partial charge on any atom is 0.254 e. The summed E-state index contributed by atoms with van der Waals surface area (Å²) in [5.74, 6) is 0.541. The number of nitrogens with one attached hydrogen (secondary N) is 2. The minimum atomic E-state index is -0.614. The number of primary amides is 1. The molecule has 1 aliphatic carbocycles. The summed E-state index contributed by atoms with van der Waals surface area (Å²) in [7, 11) is 0. The Morgan fingerprint density at radius 3 is 2.80 bits per heavy atom. The van der Waals surface area contributed by atoms with Crippen LogP contribution in [0.15, 0.2) is 42.9 Å². The molecule has 0 aliphatic heterocycles. The van der Waals surface area contributed by atoms with E-state index in [-0.39, 0.29) is 17.6 Å². The van der Waals surface area contributed by atoms with Crippen molar-refractivity contribution in [2.45, 2.75) is 38.3 Å². The van der Waals surface area contributed by atoms with Crippen molar-refractivity contribution >= 4 is 23.4 Å². The number of carbonyl (C=O) groups is 1. The first kappa shape index (κ1) is 19.8. The lowest BCUT2D eigenvalue weighted by Crippen LogP contribution is -2.47. The second-order valence-electron chi connectivity index (χ2n) is 7.55. The highest BCUT2D eigenvalue weighted by Gasteiger charge is 2.28. The van der Waals surface area contributed by atoms with Gasteiger partial charge < -0.3 is 22.1 Å². The third-order valence-electron chi connectivity index (χ3n) is 5.42. The van der Waals surface area contributed by atoms with E-state index in [2.05, 4.69) is 37.7 Å². The summed E-state index contributed by atoms with van der Waals surface area (Å²) in [6, 6.07) is 7.53. The van der Waals surface area contributed by atoms with E-state index in [0.29, 0.717) is 23.4 Å². The third kappa shape index (κ3) is 4.23. The van der Waals surface area contributed by atoms with Gasteiger partial charge in [0.25, 0.3) is 5.91 Å². The van der Waals surface area contributed by atoms with E-state index in [1.54, 1.807) is 12.4 Å². The fraction of sp³-hybridized carbons (Fsp3) is 0.350. The second kappa shape index (κ2) is 8.46. The molecule has 30 heavy (non-hydrogen) atoms. The summed E-state index contributed by atoms with van der Waals surface area (Å²) in [6.07, 6.45) is 7.81. The van der Waals surface area contributed by atoms with Gasteiger partial charge in [0, 0.05) is 24.0 Å². The van der Waals surface area contributed by atoms with Gasteiger partial charge in [-0.25, -0.2) is 4.98 Å². The maximum atomic E-state index is 11.9. The Morgan fingerprint density at radius 2 is 2.03 bits per heavy atom. The SMILES string of the molecule is CC1CCC[C@@H](Nc2ncc(C(N)=O)c(Nc3cccc(-n4nccn4)c3)n2)[C@H]1N. The van der Waals surface area contributed by atoms with Crippen LogP contribution in [-0.2, 0) is 0 Å². The van der Waals surface area contributed by atoms with E-state index < -0.39 is 5.91 Å². The van der Waals surface area contributed by atoms with Crippen LogP contribution < -0.4 is 22.1 Å². The van der Waals surface area contributed by atoms with Gasteiger partial charge in [0.1, 0.15) is 11.4 Å². The first-order valence-electron chi connectivity index (χ1n) is 9.94. The zero-order valence-corrected chi connectivity index (χ0v) is 16.7. The minimum absolute atomic E-state index is 0.0211. The van der Waals surface area contributed by atoms with Crippen molar-refractivity contribution in [1.29, 1.82) is 0 Å². The molecule has 4 rings (SSSR count). The molecule has 0 saturated heterocycles. The summed E-state index contributed by atoms with van der Waals surface area (Å²) in [6.45, 7) is 2.16. The van der Waals surface area contributed by atoms with Crippen LogP contribution in [0.2, 0.25) is 0 Å². The molecule has 1 amide bonds. The first-order chi connectivity index (χ1) is 14.5. The zero-order valence-electron chi connectivity index (χ0n) is 16.7. The number of nitrogens with zero attached hydrogens (tertiary/aromatic N) is 5. The molecule has 0 radical (unpaired) electrons. The van der Waals surface area contributed by atoms with E-state index >= 15 is 0 Å². The van der Waals surface area contributed by atoms with Gasteiger partial charge in [-0.1, -0.05) is 19.4 Å². The summed E-state index contributed by atoms with van der Waals surface area (Å²) >= 11 is 0. The van der Waals surface area contributed by atoms with Gasteiger partial charge in [-0.15, -0.1) is 0 Å². The Kier molecular flexibility index (Phi) is 5.57. The number of rotatable bonds is 6. The summed E-state index contributed by atoms with van der Waals surface area (Å²) < 4.78 is 0. The molecule has 1 saturated carbocycles. The van der Waals surface area contributed by atoms with Gasteiger partial charge in [0.05, 0.1) is 18.1 Å². The molecule has 10 nitrogen and oxygen atoms in total.